The zero-order chi connectivity index (χ0) is 13.8. The highest BCUT2D eigenvalue weighted by atomic mass is 35.5. The second kappa shape index (κ2) is 6.40. The van der Waals surface area contributed by atoms with E-state index >= 15 is 0 Å². The van der Waals surface area contributed by atoms with Gasteiger partial charge in [-0.1, -0.05) is 32.4 Å². The largest absolute Gasteiger partial charge is 0.328 e. The number of benzene rings is 1. The second-order valence-corrected chi connectivity index (χ2v) is 5.40. The molecule has 1 aromatic carbocycles. The van der Waals surface area contributed by atoms with Gasteiger partial charge in [0.15, 0.2) is 0 Å². The first-order valence-electron chi connectivity index (χ1n) is 7.03. The highest BCUT2D eigenvalue weighted by Gasteiger charge is 2.16. The predicted octanol–water partition coefficient (Wildman–Crippen LogP) is 3.81. The number of likely N-dealkylation sites (N-methyl/N-ethyl adjacent to an activating group) is 1. The van der Waals surface area contributed by atoms with Crippen molar-refractivity contribution < 1.29 is 0 Å². The number of hydrogen-bond donors (Lipinski definition) is 1. The van der Waals surface area contributed by atoms with Crippen molar-refractivity contribution in [3.63, 3.8) is 0 Å². The van der Waals surface area contributed by atoms with Crippen LogP contribution in [0.3, 0.4) is 0 Å². The topological polar surface area (TPSA) is 29.9 Å². The van der Waals surface area contributed by atoms with E-state index in [0.29, 0.717) is 5.92 Å². The van der Waals surface area contributed by atoms with Gasteiger partial charge < -0.3 is 9.88 Å². The van der Waals surface area contributed by atoms with Gasteiger partial charge in [0.1, 0.15) is 5.82 Å². The summed E-state index contributed by atoms with van der Waals surface area (Å²) >= 11 is 6.11. The predicted molar refractivity (Wildman–Crippen MR) is 82.0 cm³/mol. The summed E-state index contributed by atoms with van der Waals surface area (Å²) in [6.07, 6.45) is 1.10. The molecule has 4 heteroatoms. The maximum Gasteiger partial charge on any atom is 0.113 e. The van der Waals surface area contributed by atoms with Crippen LogP contribution in [-0.2, 0) is 6.54 Å². The molecule has 1 atom stereocenters. The van der Waals surface area contributed by atoms with Gasteiger partial charge in [-0.05, 0) is 31.2 Å². The smallest absolute Gasteiger partial charge is 0.113 e. The minimum absolute atomic E-state index is 0.401. The highest BCUT2D eigenvalue weighted by molar-refractivity contribution is 6.31. The van der Waals surface area contributed by atoms with Crippen LogP contribution >= 0.6 is 11.6 Å². The fourth-order valence-electron chi connectivity index (χ4n) is 2.40. The molecule has 1 heterocycles. The van der Waals surface area contributed by atoms with Crippen LogP contribution in [-0.4, -0.2) is 22.6 Å². The summed E-state index contributed by atoms with van der Waals surface area (Å²) in [7, 11) is 0. The molecule has 1 aromatic heterocycles. The molecule has 0 aliphatic rings. The van der Waals surface area contributed by atoms with E-state index in [0.717, 1.165) is 47.9 Å². The van der Waals surface area contributed by atoms with Crippen molar-refractivity contribution in [3.8, 4) is 0 Å². The molecule has 0 bridgehead atoms. The Morgan fingerprint density at radius 3 is 2.84 bits per heavy atom. The lowest BCUT2D eigenvalue weighted by molar-refractivity contribution is 0.563. The zero-order valence-electron chi connectivity index (χ0n) is 11.9. The Kier molecular flexibility index (Phi) is 4.83. The molecule has 104 valence electrons. The molecular weight excluding hydrogens is 258 g/mol. The van der Waals surface area contributed by atoms with Gasteiger partial charge in [0, 0.05) is 24.0 Å². The van der Waals surface area contributed by atoms with Crippen molar-refractivity contribution in [1.82, 2.24) is 14.9 Å². The number of aromatic nitrogens is 2. The molecule has 2 rings (SSSR count). The molecule has 0 aliphatic heterocycles. The van der Waals surface area contributed by atoms with Gasteiger partial charge in [-0.25, -0.2) is 4.98 Å². The first-order chi connectivity index (χ1) is 9.17. The normalized spacial score (nSPS) is 13.1. The van der Waals surface area contributed by atoms with E-state index in [1.807, 2.05) is 18.2 Å². The van der Waals surface area contributed by atoms with Crippen molar-refractivity contribution in [1.29, 1.82) is 0 Å². The number of halogens is 1. The van der Waals surface area contributed by atoms with Crippen LogP contribution in [0.25, 0.3) is 11.0 Å². The number of rotatable bonds is 6. The summed E-state index contributed by atoms with van der Waals surface area (Å²) in [6, 6.07) is 5.93. The molecule has 2 aromatic rings. The average molecular weight is 280 g/mol. The van der Waals surface area contributed by atoms with Gasteiger partial charge in [-0.3, -0.25) is 0 Å². The van der Waals surface area contributed by atoms with Crippen LogP contribution in [0, 0.1) is 0 Å². The standard InChI is InChI=1S/C15H22ClN3/c1-4-8-19-14-9-12(16)6-7-13(14)18-15(19)11(3)10-17-5-2/h6-7,9,11,17H,4-5,8,10H2,1-3H3. The van der Waals surface area contributed by atoms with E-state index in [1.165, 1.54) is 0 Å². The Balaban J connectivity index is 2.43. The molecule has 3 nitrogen and oxygen atoms in total. The van der Waals surface area contributed by atoms with Crippen LogP contribution in [0.2, 0.25) is 5.02 Å². The van der Waals surface area contributed by atoms with Crippen molar-refractivity contribution in [2.75, 3.05) is 13.1 Å². The number of hydrogen-bond acceptors (Lipinski definition) is 2. The van der Waals surface area contributed by atoms with Crippen molar-refractivity contribution >= 4 is 22.6 Å². The van der Waals surface area contributed by atoms with Crippen LogP contribution in [0.1, 0.15) is 38.9 Å². The fraction of sp³-hybridized carbons (Fsp3) is 0.533. The lowest BCUT2D eigenvalue weighted by atomic mass is 10.1. The second-order valence-electron chi connectivity index (χ2n) is 4.96. The maximum atomic E-state index is 6.11. The van der Waals surface area contributed by atoms with Crippen LogP contribution < -0.4 is 5.32 Å². The number of nitrogens with zero attached hydrogens (tertiary/aromatic N) is 2. The third-order valence-corrected chi connectivity index (χ3v) is 3.56. The average Bonchev–Trinajstić information content (AvgIpc) is 2.75. The molecule has 1 unspecified atom stereocenters. The quantitative estimate of drug-likeness (QED) is 0.871. The van der Waals surface area contributed by atoms with Gasteiger partial charge in [0.25, 0.3) is 0 Å². The van der Waals surface area contributed by atoms with E-state index in [-0.39, 0.29) is 0 Å². The Bertz CT molecular complexity index is 548. The summed E-state index contributed by atoms with van der Waals surface area (Å²) < 4.78 is 2.31. The number of aryl methyl sites for hydroxylation is 1. The molecule has 0 radical (unpaired) electrons. The first-order valence-corrected chi connectivity index (χ1v) is 7.41. The summed E-state index contributed by atoms with van der Waals surface area (Å²) in [6.45, 7) is 9.47. The van der Waals surface area contributed by atoms with Crippen molar-refractivity contribution in [3.05, 3.63) is 29.0 Å². The van der Waals surface area contributed by atoms with Gasteiger partial charge in [-0.2, -0.15) is 0 Å². The lowest BCUT2D eigenvalue weighted by Gasteiger charge is -2.14. The molecule has 0 fully saturated rings. The summed E-state index contributed by atoms with van der Waals surface area (Å²) in [5.41, 5.74) is 2.18. The number of fused-ring (bicyclic) bond motifs is 1. The minimum atomic E-state index is 0.401. The highest BCUT2D eigenvalue weighted by Crippen LogP contribution is 2.24. The molecule has 0 saturated carbocycles. The molecular formula is C15H22ClN3. The van der Waals surface area contributed by atoms with Crippen LogP contribution in [0.4, 0.5) is 0 Å². The van der Waals surface area contributed by atoms with Gasteiger partial charge in [-0.15, -0.1) is 0 Å². The van der Waals surface area contributed by atoms with Gasteiger partial charge in [0.05, 0.1) is 11.0 Å². The molecule has 0 aliphatic carbocycles. The van der Waals surface area contributed by atoms with Crippen LogP contribution in [0.5, 0.6) is 0 Å². The van der Waals surface area contributed by atoms with E-state index in [2.05, 4.69) is 30.7 Å². The van der Waals surface area contributed by atoms with Crippen molar-refractivity contribution in [2.45, 2.75) is 39.7 Å². The minimum Gasteiger partial charge on any atom is -0.328 e. The molecule has 19 heavy (non-hydrogen) atoms. The fourth-order valence-corrected chi connectivity index (χ4v) is 2.57. The third-order valence-electron chi connectivity index (χ3n) is 3.33. The van der Waals surface area contributed by atoms with Crippen molar-refractivity contribution in [2.24, 2.45) is 0 Å². The lowest BCUT2D eigenvalue weighted by Crippen LogP contribution is -2.21. The van der Waals surface area contributed by atoms with Gasteiger partial charge >= 0.3 is 0 Å². The third kappa shape index (κ3) is 3.10. The summed E-state index contributed by atoms with van der Waals surface area (Å²) in [4.78, 5) is 4.79. The molecule has 0 spiro atoms. The van der Waals surface area contributed by atoms with E-state index < -0.39 is 0 Å². The first kappa shape index (κ1) is 14.4. The Labute approximate surface area is 120 Å². The van der Waals surface area contributed by atoms with Gasteiger partial charge in [0.2, 0.25) is 0 Å². The molecule has 1 N–H and O–H groups in total. The summed E-state index contributed by atoms with van der Waals surface area (Å²) in [5, 5.41) is 4.17. The van der Waals surface area contributed by atoms with E-state index in [9.17, 15) is 0 Å². The van der Waals surface area contributed by atoms with Crippen LogP contribution in [0.15, 0.2) is 18.2 Å². The monoisotopic (exact) mass is 279 g/mol. The Morgan fingerprint density at radius 1 is 1.37 bits per heavy atom. The van der Waals surface area contributed by atoms with E-state index in [4.69, 9.17) is 16.6 Å². The zero-order valence-corrected chi connectivity index (χ0v) is 12.7. The Morgan fingerprint density at radius 2 is 2.16 bits per heavy atom. The number of nitrogens with one attached hydrogen (secondary N) is 1. The molecule has 0 saturated heterocycles. The maximum absolute atomic E-state index is 6.11. The molecule has 0 amide bonds. The van der Waals surface area contributed by atoms with E-state index in [1.54, 1.807) is 0 Å². The Hall–Kier alpha value is -1.06. The summed E-state index contributed by atoms with van der Waals surface area (Å²) in [5.74, 6) is 1.55. The number of imidazole rings is 1. The SMILES string of the molecule is CCCn1c(C(C)CNCC)nc2ccc(Cl)cc21.